The summed E-state index contributed by atoms with van der Waals surface area (Å²) in [4.78, 5) is 15.1. The number of rotatable bonds is 6. The fourth-order valence-electron chi connectivity index (χ4n) is 3.51. The van der Waals surface area contributed by atoms with Crippen molar-refractivity contribution in [3.8, 4) is 11.5 Å². The minimum atomic E-state index is -0.0411. The molecule has 1 aliphatic rings. The number of benzene rings is 2. The Kier molecular flexibility index (Phi) is 6.35. The topological polar surface area (TPSA) is 50.8 Å². The van der Waals surface area contributed by atoms with Gasteiger partial charge in [0, 0.05) is 30.8 Å². The lowest BCUT2D eigenvalue weighted by Gasteiger charge is -2.37. The Balaban J connectivity index is 1.82. The van der Waals surface area contributed by atoms with Crippen LogP contribution in [0.5, 0.6) is 11.5 Å². The van der Waals surface area contributed by atoms with Crippen molar-refractivity contribution < 1.29 is 14.3 Å². The van der Waals surface area contributed by atoms with E-state index in [1.54, 1.807) is 7.11 Å². The van der Waals surface area contributed by atoms with Crippen LogP contribution in [0, 0.1) is 0 Å². The molecule has 1 amide bonds. The molecule has 1 N–H and O–H groups in total. The minimum absolute atomic E-state index is 0.0411. The van der Waals surface area contributed by atoms with Gasteiger partial charge in [-0.3, -0.25) is 4.79 Å². The zero-order chi connectivity index (χ0) is 19.2. The summed E-state index contributed by atoms with van der Waals surface area (Å²) in [6, 6.07) is 15.7. The number of para-hydroxylation sites is 2. The van der Waals surface area contributed by atoms with Crippen molar-refractivity contribution in [2.45, 2.75) is 32.4 Å². The summed E-state index contributed by atoms with van der Waals surface area (Å²) in [6.07, 6.45) is 0.399. The number of carbonyl (C=O) groups is 1. The van der Waals surface area contributed by atoms with E-state index in [1.807, 2.05) is 67.3 Å². The predicted octanol–water partition coefficient (Wildman–Crippen LogP) is 3.20. The molecule has 3 rings (SSSR count). The first-order chi connectivity index (χ1) is 13.1. The van der Waals surface area contributed by atoms with Gasteiger partial charge in [-0.15, -0.1) is 0 Å². The van der Waals surface area contributed by atoms with E-state index < -0.39 is 0 Å². The molecule has 27 heavy (non-hydrogen) atoms. The molecule has 1 saturated heterocycles. The number of piperazine rings is 1. The monoisotopic (exact) mass is 368 g/mol. The summed E-state index contributed by atoms with van der Waals surface area (Å²) in [6.45, 7) is 6.17. The lowest BCUT2D eigenvalue weighted by molar-refractivity contribution is -0.133. The van der Waals surface area contributed by atoms with Crippen LogP contribution in [0.3, 0.4) is 0 Å². The molecule has 2 aromatic carbocycles. The Morgan fingerprint density at radius 2 is 1.85 bits per heavy atom. The molecular formula is C22H28N2O3. The van der Waals surface area contributed by atoms with E-state index >= 15 is 0 Å². The maximum atomic E-state index is 13.2. The number of ether oxygens (including phenoxy) is 2. The Hall–Kier alpha value is -2.53. The maximum Gasteiger partial charge on any atom is 0.227 e. The lowest BCUT2D eigenvalue weighted by Crippen LogP contribution is -2.49. The number of nitrogens with zero attached hydrogens (tertiary/aromatic N) is 1. The Bertz CT molecular complexity index is 776. The lowest BCUT2D eigenvalue weighted by atomic mass is 10.0. The summed E-state index contributed by atoms with van der Waals surface area (Å²) in [5, 5.41) is 3.40. The van der Waals surface area contributed by atoms with Crippen LogP contribution < -0.4 is 14.8 Å². The molecule has 144 valence electrons. The second kappa shape index (κ2) is 8.91. The van der Waals surface area contributed by atoms with Crippen LogP contribution in [0.4, 0.5) is 0 Å². The van der Waals surface area contributed by atoms with Crippen LogP contribution in [-0.2, 0) is 11.2 Å². The van der Waals surface area contributed by atoms with Crippen LogP contribution >= 0.6 is 0 Å². The number of nitrogens with one attached hydrogen (secondary N) is 1. The molecule has 1 atom stereocenters. The molecule has 5 heteroatoms. The van der Waals surface area contributed by atoms with E-state index in [0.717, 1.165) is 35.7 Å². The van der Waals surface area contributed by atoms with Gasteiger partial charge in [0.05, 0.1) is 25.7 Å². The molecule has 0 spiro atoms. The predicted molar refractivity (Wildman–Crippen MR) is 106 cm³/mol. The normalized spacial score (nSPS) is 17.0. The molecule has 5 nitrogen and oxygen atoms in total. The van der Waals surface area contributed by atoms with Gasteiger partial charge < -0.3 is 19.7 Å². The van der Waals surface area contributed by atoms with Crippen molar-refractivity contribution in [2.75, 3.05) is 26.7 Å². The summed E-state index contributed by atoms with van der Waals surface area (Å²) in [5.74, 6) is 1.70. The summed E-state index contributed by atoms with van der Waals surface area (Å²) >= 11 is 0. The second-order valence-electron chi connectivity index (χ2n) is 7.00. The molecule has 1 heterocycles. The summed E-state index contributed by atoms with van der Waals surface area (Å²) in [5.41, 5.74) is 1.96. The molecule has 0 saturated carbocycles. The fourth-order valence-corrected chi connectivity index (χ4v) is 3.51. The van der Waals surface area contributed by atoms with Gasteiger partial charge >= 0.3 is 0 Å². The van der Waals surface area contributed by atoms with Gasteiger partial charge in [0.2, 0.25) is 5.91 Å². The van der Waals surface area contributed by atoms with Gasteiger partial charge in [0.1, 0.15) is 11.5 Å². The molecule has 0 aliphatic carbocycles. The van der Waals surface area contributed by atoms with Crippen molar-refractivity contribution in [1.82, 2.24) is 10.2 Å². The van der Waals surface area contributed by atoms with Crippen molar-refractivity contribution in [3.05, 3.63) is 59.7 Å². The van der Waals surface area contributed by atoms with E-state index in [-0.39, 0.29) is 18.1 Å². The highest BCUT2D eigenvalue weighted by atomic mass is 16.5. The van der Waals surface area contributed by atoms with E-state index in [4.69, 9.17) is 9.47 Å². The highest BCUT2D eigenvalue weighted by Gasteiger charge is 2.30. The molecule has 1 fully saturated rings. The third kappa shape index (κ3) is 4.61. The smallest absolute Gasteiger partial charge is 0.227 e. The van der Waals surface area contributed by atoms with E-state index in [0.29, 0.717) is 13.0 Å². The second-order valence-corrected chi connectivity index (χ2v) is 7.00. The number of hydrogen-bond acceptors (Lipinski definition) is 4. The Morgan fingerprint density at radius 1 is 1.15 bits per heavy atom. The van der Waals surface area contributed by atoms with Crippen LogP contribution in [0.1, 0.15) is 31.0 Å². The van der Waals surface area contributed by atoms with Crippen LogP contribution in [0.25, 0.3) is 0 Å². The highest BCUT2D eigenvalue weighted by Crippen LogP contribution is 2.31. The van der Waals surface area contributed by atoms with Crippen LogP contribution in [-0.4, -0.2) is 43.7 Å². The SMILES string of the molecule is COc1ccccc1C1CNCCN1C(=O)Cc1ccccc1OC(C)C. The molecule has 1 aliphatic heterocycles. The first-order valence-corrected chi connectivity index (χ1v) is 9.47. The standard InChI is InChI=1S/C22H28N2O3/c1-16(2)27-20-10-6-4-8-17(20)14-22(25)24-13-12-23-15-19(24)18-9-5-7-11-21(18)26-3/h4-11,16,19,23H,12-15H2,1-3H3. The van der Waals surface area contributed by atoms with Crippen molar-refractivity contribution >= 4 is 5.91 Å². The Morgan fingerprint density at radius 3 is 2.59 bits per heavy atom. The van der Waals surface area contributed by atoms with Gasteiger partial charge in [0.25, 0.3) is 0 Å². The van der Waals surface area contributed by atoms with Gasteiger partial charge in [0.15, 0.2) is 0 Å². The van der Waals surface area contributed by atoms with Gasteiger partial charge in [-0.05, 0) is 26.0 Å². The molecule has 1 unspecified atom stereocenters. The fraction of sp³-hybridized carbons (Fsp3) is 0.409. The molecule has 2 aromatic rings. The van der Waals surface area contributed by atoms with Crippen molar-refractivity contribution in [1.29, 1.82) is 0 Å². The maximum absolute atomic E-state index is 13.2. The minimum Gasteiger partial charge on any atom is -0.496 e. The zero-order valence-electron chi connectivity index (χ0n) is 16.3. The van der Waals surface area contributed by atoms with Crippen LogP contribution in [0.2, 0.25) is 0 Å². The van der Waals surface area contributed by atoms with Crippen molar-refractivity contribution in [3.63, 3.8) is 0 Å². The van der Waals surface area contributed by atoms with E-state index in [9.17, 15) is 4.79 Å². The first-order valence-electron chi connectivity index (χ1n) is 9.47. The van der Waals surface area contributed by atoms with E-state index in [1.165, 1.54) is 0 Å². The quantitative estimate of drug-likeness (QED) is 0.851. The molecule has 0 bridgehead atoms. The molecular weight excluding hydrogens is 340 g/mol. The number of hydrogen-bond donors (Lipinski definition) is 1. The number of amides is 1. The first kappa shape index (κ1) is 19.2. The number of carbonyl (C=O) groups excluding carboxylic acids is 1. The third-order valence-electron chi connectivity index (χ3n) is 4.74. The summed E-state index contributed by atoms with van der Waals surface area (Å²) < 4.78 is 11.4. The zero-order valence-corrected chi connectivity index (χ0v) is 16.3. The van der Waals surface area contributed by atoms with Gasteiger partial charge in [-0.1, -0.05) is 36.4 Å². The van der Waals surface area contributed by atoms with Gasteiger partial charge in [-0.25, -0.2) is 0 Å². The van der Waals surface area contributed by atoms with Crippen LogP contribution in [0.15, 0.2) is 48.5 Å². The highest BCUT2D eigenvalue weighted by molar-refractivity contribution is 5.80. The average molecular weight is 368 g/mol. The molecule has 0 radical (unpaired) electrons. The van der Waals surface area contributed by atoms with Crippen molar-refractivity contribution in [2.24, 2.45) is 0 Å². The largest absolute Gasteiger partial charge is 0.496 e. The molecule has 0 aromatic heterocycles. The van der Waals surface area contributed by atoms with E-state index in [2.05, 4.69) is 5.32 Å². The number of methoxy groups -OCH3 is 1. The summed E-state index contributed by atoms with van der Waals surface area (Å²) in [7, 11) is 1.67. The third-order valence-corrected chi connectivity index (χ3v) is 4.74. The Labute approximate surface area is 161 Å². The average Bonchev–Trinajstić information content (AvgIpc) is 2.69. The van der Waals surface area contributed by atoms with Gasteiger partial charge in [-0.2, -0.15) is 0 Å².